The van der Waals surface area contributed by atoms with E-state index < -0.39 is 6.10 Å². The van der Waals surface area contributed by atoms with E-state index in [9.17, 15) is 9.90 Å². The number of rotatable bonds is 3. The van der Waals surface area contributed by atoms with Gasteiger partial charge in [0.05, 0.1) is 18.0 Å². The molecule has 0 aromatic carbocycles. The van der Waals surface area contributed by atoms with Gasteiger partial charge in [-0.15, -0.1) is 11.3 Å². The van der Waals surface area contributed by atoms with Crippen molar-refractivity contribution in [2.75, 3.05) is 0 Å². The molecule has 110 valence electrons. The number of thiophene rings is 1. The van der Waals surface area contributed by atoms with Crippen LogP contribution >= 0.6 is 11.3 Å². The number of H-pyrrole nitrogens is 1. The average molecular weight is 303 g/mol. The van der Waals surface area contributed by atoms with Crippen molar-refractivity contribution in [2.45, 2.75) is 33.4 Å². The fourth-order valence-electron chi connectivity index (χ4n) is 2.35. The first-order valence-corrected chi connectivity index (χ1v) is 7.60. The Hall–Kier alpha value is -1.92. The Morgan fingerprint density at radius 3 is 2.90 bits per heavy atom. The summed E-state index contributed by atoms with van der Waals surface area (Å²) in [5, 5.41) is 10.2. The van der Waals surface area contributed by atoms with Crippen LogP contribution in [0.25, 0.3) is 10.2 Å². The van der Waals surface area contributed by atoms with Crippen LogP contribution in [0.3, 0.4) is 0 Å². The van der Waals surface area contributed by atoms with Crippen LogP contribution in [0.15, 0.2) is 23.3 Å². The molecule has 0 saturated heterocycles. The molecule has 0 fully saturated rings. The Kier molecular flexibility index (Phi) is 3.43. The van der Waals surface area contributed by atoms with Gasteiger partial charge in [0.25, 0.3) is 5.56 Å². The van der Waals surface area contributed by atoms with Gasteiger partial charge in [0, 0.05) is 17.3 Å². The molecule has 0 aliphatic carbocycles. The maximum atomic E-state index is 12.2. The molecule has 5 nitrogen and oxygen atoms in total. The summed E-state index contributed by atoms with van der Waals surface area (Å²) < 4.78 is 1.90. The largest absolute Gasteiger partial charge is 0.389 e. The Bertz CT molecular complexity index is 858. The summed E-state index contributed by atoms with van der Waals surface area (Å²) >= 11 is 1.55. The Morgan fingerprint density at radius 1 is 1.48 bits per heavy atom. The van der Waals surface area contributed by atoms with E-state index in [-0.39, 0.29) is 5.56 Å². The van der Waals surface area contributed by atoms with Gasteiger partial charge in [-0.1, -0.05) is 0 Å². The number of aromatic amines is 1. The van der Waals surface area contributed by atoms with Crippen LogP contribution in [0.1, 0.15) is 34.9 Å². The summed E-state index contributed by atoms with van der Waals surface area (Å²) in [6.45, 7) is 6.16. The predicted molar refractivity (Wildman–Crippen MR) is 83.9 cm³/mol. The minimum absolute atomic E-state index is 0.0836. The van der Waals surface area contributed by atoms with Gasteiger partial charge in [-0.25, -0.2) is 4.98 Å². The molecule has 2 N–H and O–H groups in total. The molecule has 0 saturated carbocycles. The van der Waals surface area contributed by atoms with Crippen molar-refractivity contribution in [2.24, 2.45) is 0 Å². The second-order valence-corrected chi connectivity index (χ2v) is 6.47. The van der Waals surface area contributed by atoms with Crippen LogP contribution in [0.2, 0.25) is 0 Å². The normalized spacial score (nSPS) is 13.0. The second kappa shape index (κ2) is 5.13. The summed E-state index contributed by atoms with van der Waals surface area (Å²) in [7, 11) is 0. The number of hydrogen-bond donors (Lipinski definition) is 2. The minimum atomic E-state index is -0.497. The van der Waals surface area contributed by atoms with E-state index in [1.165, 1.54) is 0 Å². The third kappa shape index (κ3) is 2.52. The lowest BCUT2D eigenvalue weighted by molar-refractivity contribution is 0.199. The van der Waals surface area contributed by atoms with E-state index in [0.717, 1.165) is 20.8 Å². The lowest BCUT2D eigenvalue weighted by atomic mass is 10.2. The van der Waals surface area contributed by atoms with E-state index in [1.54, 1.807) is 18.3 Å². The highest BCUT2D eigenvalue weighted by molar-refractivity contribution is 7.18. The smallest absolute Gasteiger partial charge is 0.259 e. The molecule has 0 spiro atoms. The van der Waals surface area contributed by atoms with Crippen molar-refractivity contribution in [1.29, 1.82) is 0 Å². The quantitative estimate of drug-likeness (QED) is 0.781. The van der Waals surface area contributed by atoms with Crippen molar-refractivity contribution in [1.82, 2.24) is 14.5 Å². The molecular weight excluding hydrogens is 286 g/mol. The summed E-state index contributed by atoms with van der Waals surface area (Å²) in [6, 6.07) is 1.86. The second-order valence-electron chi connectivity index (χ2n) is 5.27. The molecule has 0 amide bonds. The average Bonchev–Trinajstić information content (AvgIpc) is 2.96. The first-order chi connectivity index (χ1) is 9.95. The number of nitrogens with one attached hydrogen (secondary N) is 1. The van der Waals surface area contributed by atoms with Gasteiger partial charge in [-0.3, -0.25) is 4.79 Å². The third-order valence-electron chi connectivity index (χ3n) is 3.68. The van der Waals surface area contributed by atoms with Crippen LogP contribution in [-0.4, -0.2) is 19.6 Å². The summed E-state index contributed by atoms with van der Waals surface area (Å²) in [6.07, 6.45) is 3.24. The Morgan fingerprint density at radius 2 is 2.24 bits per heavy atom. The molecule has 1 atom stereocenters. The number of aliphatic hydroxyl groups excluding tert-OH is 1. The Labute approximate surface area is 125 Å². The highest BCUT2D eigenvalue weighted by Crippen LogP contribution is 2.25. The lowest BCUT2D eigenvalue weighted by Crippen LogP contribution is -2.13. The molecule has 0 radical (unpaired) electrons. The van der Waals surface area contributed by atoms with Crippen LogP contribution < -0.4 is 5.56 Å². The topological polar surface area (TPSA) is 70.9 Å². The van der Waals surface area contributed by atoms with Crippen molar-refractivity contribution >= 4 is 21.6 Å². The molecule has 0 aliphatic rings. The fraction of sp³-hybridized carbons (Fsp3) is 0.333. The first kappa shape index (κ1) is 14.0. The molecule has 3 heterocycles. The van der Waals surface area contributed by atoms with Gasteiger partial charge in [-0.05, 0) is 38.0 Å². The van der Waals surface area contributed by atoms with Crippen LogP contribution in [0.5, 0.6) is 0 Å². The van der Waals surface area contributed by atoms with Crippen molar-refractivity contribution < 1.29 is 5.11 Å². The molecule has 1 unspecified atom stereocenters. The van der Waals surface area contributed by atoms with E-state index >= 15 is 0 Å². The maximum absolute atomic E-state index is 12.2. The monoisotopic (exact) mass is 303 g/mol. The van der Waals surface area contributed by atoms with E-state index in [2.05, 4.69) is 9.97 Å². The van der Waals surface area contributed by atoms with Crippen molar-refractivity contribution in [3.05, 3.63) is 50.6 Å². The molecule has 6 heteroatoms. The number of aliphatic hydroxyl groups is 1. The standard InChI is InChI=1S/C15H17N3O2S/c1-8-10(3)21-15-13(8)14(20)16-12(17-15)7-18-5-4-11(6-18)9(2)19/h4-6,9,19H,7H2,1-3H3,(H,16,17,20). The molecule has 0 bridgehead atoms. The van der Waals surface area contributed by atoms with Gasteiger partial charge in [0.1, 0.15) is 10.7 Å². The van der Waals surface area contributed by atoms with E-state index in [4.69, 9.17) is 0 Å². The number of fused-ring (bicyclic) bond motifs is 1. The summed E-state index contributed by atoms with van der Waals surface area (Å²) in [5.74, 6) is 0.626. The highest BCUT2D eigenvalue weighted by Gasteiger charge is 2.12. The first-order valence-electron chi connectivity index (χ1n) is 6.78. The molecule has 3 aromatic rings. The van der Waals surface area contributed by atoms with E-state index in [0.29, 0.717) is 17.8 Å². The van der Waals surface area contributed by atoms with Gasteiger partial charge in [0.2, 0.25) is 0 Å². The van der Waals surface area contributed by atoms with Crippen LogP contribution in [0.4, 0.5) is 0 Å². The van der Waals surface area contributed by atoms with E-state index in [1.807, 2.05) is 36.9 Å². The number of aromatic nitrogens is 3. The molecule has 21 heavy (non-hydrogen) atoms. The summed E-state index contributed by atoms with van der Waals surface area (Å²) in [5.41, 5.74) is 1.77. The zero-order valence-corrected chi connectivity index (χ0v) is 13.0. The lowest BCUT2D eigenvalue weighted by Gasteiger charge is -2.03. The maximum Gasteiger partial charge on any atom is 0.259 e. The summed E-state index contributed by atoms with van der Waals surface area (Å²) in [4.78, 5) is 21.5. The third-order valence-corrected chi connectivity index (χ3v) is 4.78. The SMILES string of the molecule is Cc1sc2nc(Cn3ccc(C(C)O)c3)[nH]c(=O)c2c1C. The highest BCUT2D eigenvalue weighted by atomic mass is 32.1. The Balaban J connectivity index is 1.99. The van der Waals surface area contributed by atoms with Gasteiger partial charge in [-0.2, -0.15) is 0 Å². The minimum Gasteiger partial charge on any atom is -0.389 e. The fourth-order valence-corrected chi connectivity index (χ4v) is 3.40. The van der Waals surface area contributed by atoms with Crippen molar-refractivity contribution in [3.63, 3.8) is 0 Å². The number of hydrogen-bond acceptors (Lipinski definition) is 4. The molecule has 3 rings (SSSR count). The zero-order chi connectivity index (χ0) is 15.1. The predicted octanol–water partition coefficient (Wildman–Crippen LogP) is 2.50. The zero-order valence-electron chi connectivity index (χ0n) is 12.2. The van der Waals surface area contributed by atoms with Crippen LogP contribution in [0, 0.1) is 13.8 Å². The molecule has 3 aromatic heterocycles. The molecular formula is C15H17N3O2S. The van der Waals surface area contributed by atoms with Gasteiger partial charge < -0.3 is 14.7 Å². The molecule has 0 aliphatic heterocycles. The van der Waals surface area contributed by atoms with Gasteiger partial charge >= 0.3 is 0 Å². The number of aryl methyl sites for hydroxylation is 2. The van der Waals surface area contributed by atoms with Gasteiger partial charge in [0.15, 0.2) is 0 Å². The number of nitrogens with zero attached hydrogens (tertiary/aromatic N) is 2. The van der Waals surface area contributed by atoms with Crippen LogP contribution in [-0.2, 0) is 6.54 Å². The van der Waals surface area contributed by atoms with Crippen molar-refractivity contribution in [3.8, 4) is 0 Å².